The van der Waals surface area contributed by atoms with Crippen molar-refractivity contribution in [2.24, 2.45) is 5.92 Å². The van der Waals surface area contributed by atoms with E-state index in [0.717, 1.165) is 16.8 Å². The Morgan fingerprint density at radius 2 is 1.93 bits per heavy atom. The lowest BCUT2D eigenvalue weighted by Crippen LogP contribution is -2.11. The summed E-state index contributed by atoms with van der Waals surface area (Å²) in [5.41, 5.74) is 2.68. The summed E-state index contributed by atoms with van der Waals surface area (Å²) in [7, 11) is 0. The number of aromatic nitrogens is 3. The molecule has 5 nitrogen and oxygen atoms in total. The Bertz CT molecular complexity index is 949. The first kappa shape index (κ1) is 20.2. The van der Waals surface area contributed by atoms with E-state index in [1.165, 1.54) is 0 Å². The number of halogens is 1. The quantitative estimate of drug-likeness (QED) is 0.616. The summed E-state index contributed by atoms with van der Waals surface area (Å²) in [5.74, 6) is 1.59. The number of aliphatic hydroxyl groups is 1. The monoisotopic (exact) mass is 397 g/mol. The molecule has 0 bridgehead atoms. The van der Waals surface area contributed by atoms with Crippen molar-refractivity contribution in [2.75, 3.05) is 6.61 Å². The fraction of sp³-hybridized carbons (Fsp3) is 0.318. The van der Waals surface area contributed by atoms with Crippen molar-refractivity contribution >= 4 is 17.4 Å². The Hall–Kier alpha value is -2.50. The number of carbonyl (C=O) groups is 1. The van der Waals surface area contributed by atoms with E-state index in [1.807, 2.05) is 50.2 Å². The van der Waals surface area contributed by atoms with Crippen molar-refractivity contribution in [3.63, 3.8) is 0 Å². The fourth-order valence-corrected chi connectivity index (χ4v) is 3.23. The molecular formula is C22H24ClN3O2. The average molecular weight is 398 g/mol. The molecule has 0 spiro atoms. The van der Waals surface area contributed by atoms with E-state index >= 15 is 0 Å². The molecule has 3 rings (SSSR count). The van der Waals surface area contributed by atoms with Gasteiger partial charge in [0, 0.05) is 23.6 Å². The number of benzene rings is 2. The van der Waals surface area contributed by atoms with Crippen LogP contribution in [0.15, 0.2) is 48.5 Å². The summed E-state index contributed by atoms with van der Waals surface area (Å²) in [4.78, 5) is 17.1. The van der Waals surface area contributed by atoms with Crippen LogP contribution in [0.3, 0.4) is 0 Å². The minimum atomic E-state index is 0.114. The molecule has 28 heavy (non-hydrogen) atoms. The van der Waals surface area contributed by atoms with Gasteiger partial charge in [0.05, 0.1) is 12.1 Å². The van der Waals surface area contributed by atoms with Crippen molar-refractivity contribution in [3.8, 4) is 17.1 Å². The highest BCUT2D eigenvalue weighted by Gasteiger charge is 2.17. The maximum Gasteiger partial charge on any atom is 0.181 e. The van der Waals surface area contributed by atoms with Crippen molar-refractivity contribution in [2.45, 2.75) is 33.1 Å². The third-order valence-corrected chi connectivity index (χ3v) is 4.57. The van der Waals surface area contributed by atoms with Crippen LogP contribution in [-0.4, -0.2) is 32.3 Å². The highest BCUT2D eigenvalue weighted by molar-refractivity contribution is 6.30. The molecule has 0 fully saturated rings. The van der Waals surface area contributed by atoms with Gasteiger partial charge in [0.2, 0.25) is 0 Å². The van der Waals surface area contributed by atoms with E-state index in [1.54, 1.807) is 16.8 Å². The maximum absolute atomic E-state index is 12.4. The van der Waals surface area contributed by atoms with Crippen LogP contribution in [0.2, 0.25) is 5.02 Å². The van der Waals surface area contributed by atoms with Crippen LogP contribution in [0.1, 0.15) is 31.7 Å². The lowest BCUT2D eigenvalue weighted by atomic mass is 10.1. The Morgan fingerprint density at radius 3 is 2.57 bits per heavy atom. The number of rotatable bonds is 8. The lowest BCUT2D eigenvalue weighted by Gasteiger charge is -2.07. The van der Waals surface area contributed by atoms with Gasteiger partial charge >= 0.3 is 0 Å². The summed E-state index contributed by atoms with van der Waals surface area (Å²) in [6, 6.07) is 15.1. The first-order valence-corrected chi connectivity index (χ1v) is 9.78. The number of nitrogens with zero attached hydrogens (tertiary/aromatic N) is 3. The number of carbonyl (C=O) groups excluding carboxylic acids is 1. The molecule has 1 aromatic heterocycles. The van der Waals surface area contributed by atoms with Crippen LogP contribution in [-0.2, 0) is 17.6 Å². The van der Waals surface area contributed by atoms with Gasteiger partial charge in [0.15, 0.2) is 5.82 Å². The van der Waals surface area contributed by atoms with E-state index in [0.29, 0.717) is 35.4 Å². The van der Waals surface area contributed by atoms with Crippen molar-refractivity contribution < 1.29 is 9.90 Å². The zero-order valence-corrected chi connectivity index (χ0v) is 16.9. The Kier molecular flexibility index (Phi) is 6.60. The van der Waals surface area contributed by atoms with E-state index in [4.69, 9.17) is 16.7 Å². The van der Waals surface area contributed by atoms with Crippen LogP contribution in [0.5, 0.6) is 0 Å². The predicted molar refractivity (Wildman–Crippen MR) is 111 cm³/mol. The number of hydrogen-bond donors (Lipinski definition) is 1. The SMILES string of the molecule is CC(C)CC(=O)Cc1nc(-c2ccc(CCO)cc2)nn1-c1cccc(Cl)c1. The van der Waals surface area contributed by atoms with Gasteiger partial charge in [-0.05, 0) is 36.1 Å². The van der Waals surface area contributed by atoms with Gasteiger partial charge < -0.3 is 5.11 Å². The lowest BCUT2D eigenvalue weighted by molar-refractivity contribution is -0.119. The number of Topliss-reactive ketones (excluding diaryl/α,β-unsaturated/α-hetero) is 1. The second kappa shape index (κ2) is 9.13. The van der Waals surface area contributed by atoms with Gasteiger partial charge in [-0.3, -0.25) is 4.79 Å². The van der Waals surface area contributed by atoms with E-state index in [2.05, 4.69) is 10.1 Å². The number of ketones is 1. The van der Waals surface area contributed by atoms with E-state index in [9.17, 15) is 4.79 Å². The Balaban J connectivity index is 1.98. The maximum atomic E-state index is 12.4. The Morgan fingerprint density at radius 1 is 1.18 bits per heavy atom. The normalized spacial score (nSPS) is 11.2. The Labute approximate surface area is 170 Å². The molecule has 146 valence electrons. The van der Waals surface area contributed by atoms with Crippen molar-refractivity contribution in [1.29, 1.82) is 0 Å². The topological polar surface area (TPSA) is 68.0 Å². The van der Waals surface area contributed by atoms with Gasteiger partial charge in [0.1, 0.15) is 11.6 Å². The van der Waals surface area contributed by atoms with Gasteiger partial charge in [0.25, 0.3) is 0 Å². The molecule has 0 aliphatic carbocycles. The predicted octanol–water partition coefficient (Wildman–Crippen LogP) is 4.28. The molecule has 0 saturated heterocycles. The van der Waals surface area contributed by atoms with Gasteiger partial charge in [-0.2, -0.15) is 0 Å². The first-order chi connectivity index (χ1) is 13.5. The summed E-state index contributed by atoms with van der Waals surface area (Å²) in [6.45, 7) is 4.17. The summed E-state index contributed by atoms with van der Waals surface area (Å²) in [5, 5.41) is 14.3. The third kappa shape index (κ3) is 5.06. The van der Waals surface area contributed by atoms with Gasteiger partial charge in [-0.25, -0.2) is 9.67 Å². The van der Waals surface area contributed by atoms with Gasteiger partial charge in [-0.1, -0.05) is 55.8 Å². The van der Waals surface area contributed by atoms with E-state index < -0.39 is 0 Å². The smallest absolute Gasteiger partial charge is 0.181 e. The molecule has 0 radical (unpaired) electrons. The molecule has 3 aromatic rings. The second-order valence-electron chi connectivity index (χ2n) is 7.23. The molecule has 0 saturated carbocycles. The molecule has 0 atom stereocenters. The molecule has 0 amide bonds. The number of aliphatic hydroxyl groups excluding tert-OH is 1. The van der Waals surface area contributed by atoms with Crippen molar-refractivity contribution in [3.05, 3.63) is 64.9 Å². The summed E-state index contributed by atoms with van der Waals surface area (Å²) >= 11 is 6.14. The van der Waals surface area contributed by atoms with E-state index in [-0.39, 0.29) is 18.8 Å². The van der Waals surface area contributed by atoms with Crippen LogP contribution < -0.4 is 0 Å². The zero-order valence-electron chi connectivity index (χ0n) is 16.1. The van der Waals surface area contributed by atoms with Crippen LogP contribution in [0.25, 0.3) is 17.1 Å². The minimum Gasteiger partial charge on any atom is -0.396 e. The number of hydrogen-bond acceptors (Lipinski definition) is 4. The molecule has 0 unspecified atom stereocenters. The molecular weight excluding hydrogens is 374 g/mol. The summed E-state index contributed by atoms with van der Waals surface area (Å²) < 4.78 is 1.70. The second-order valence-corrected chi connectivity index (χ2v) is 7.66. The molecule has 0 aliphatic rings. The zero-order chi connectivity index (χ0) is 20.1. The minimum absolute atomic E-state index is 0.114. The molecule has 2 aromatic carbocycles. The standard InChI is InChI=1S/C22H24ClN3O2/c1-15(2)12-20(28)14-21-24-22(17-8-6-16(7-9-17)10-11-27)25-26(21)19-5-3-4-18(23)13-19/h3-9,13,15,27H,10-12,14H2,1-2H3. The molecule has 1 heterocycles. The highest BCUT2D eigenvalue weighted by atomic mass is 35.5. The average Bonchev–Trinajstić information content (AvgIpc) is 3.05. The van der Waals surface area contributed by atoms with Crippen LogP contribution >= 0.6 is 11.6 Å². The molecule has 0 aliphatic heterocycles. The highest BCUT2D eigenvalue weighted by Crippen LogP contribution is 2.22. The molecule has 6 heteroatoms. The molecule has 1 N–H and O–H groups in total. The van der Waals surface area contributed by atoms with Gasteiger partial charge in [-0.15, -0.1) is 5.10 Å². The fourth-order valence-electron chi connectivity index (χ4n) is 3.05. The third-order valence-electron chi connectivity index (χ3n) is 4.33. The van der Waals surface area contributed by atoms with Crippen LogP contribution in [0.4, 0.5) is 0 Å². The van der Waals surface area contributed by atoms with Crippen molar-refractivity contribution in [1.82, 2.24) is 14.8 Å². The first-order valence-electron chi connectivity index (χ1n) is 9.40. The largest absolute Gasteiger partial charge is 0.396 e. The summed E-state index contributed by atoms with van der Waals surface area (Å²) in [6.07, 6.45) is 1.34. The van der Waals surface area contributed by atoms with Crippen LogP contribution in [0, 0.1) is 5.92 Å².